The molecular formula is C57H36N4O. The molecule has 9 aromatic carbocycles. The van der Waals surface area contributed by atoms with Crippen molar-refractivity contribution in [2.24, 2.45) is 0 Å². The largest absolute Gasteiger partial charge is 0.456 e. The van der Waals surface area contributed by atoms with E-state index in [1.165, 1.54) is 4.57 Å². The molecule has 290 valence electrons. The van der Waals surface area contributed by atoms with Crippen LogP contribution in [0.2, 0.25) is 0 Å². The molecule has 5 heteroatoms. The van der Waals surface area contributed by atoms with Gasteiger partial charge in [-0.25, -0.2) is 15.0 Å². The fourth-order valence-corrected chi connectivity index (χ4v) is 8.03. The lowest BCUT2D eigenvalue weighted by molar-refractivity contribution is 0.669. The molecule has 0 N–H and O–H groups in total. The maximum atomic E-state index is 9.84. The summed E-state index contributed by atoms with van der Waals surface area (Å²) in [6, 6.07) is 38.3. The summed E-state index contributed by atoms with van der Waals surface area (Å²) >= 11 is 0. The Balaban J connectivity index is 1.20. The summed E-state index contributed by atoms with van der Waals surface area (Å²) in [4.78, 5) is 15.2. The van der Waals surface area contributed by atoms with Crippen molar-refractivity contribution in [3.63, 3.8) is 0 Å². The molecule has 0 saturated carbocycles. The highest BCUT2D eigenvalue weighted by atomic mass is 16.3. The third-order valence-electron chi connectivity index (χ3n) is 11.0. The van der Waals surface area contributed by atoms with Crippen LogP contribution < -0.4 is 0 Å². The second kappa shape index (κ2) is 14.7. The number of fused-ring (bicyclic) bond motifs is 6. The molecule has 0 spiro atoms. The number of aromatic nitrogens is 4. The first-order valence-electron chi connectivity index (χ1n) is 25.9. The third kappa shape index (κ3) is 6.14. The molecule has 0 aliphatic heterocycles. The maximum Gasteiger partial charge on any atom is 0.166 e. The summed E-state index contributed by atoms with van der Waals surface area (Å²) in [5, 5.41) is 1.44. The van der Waals surface area contributed by atoms with Crippen LogP contribution in [-0.4, -0.2) is 19.5 Å². The average molecular weight is 805 g/mol. The summed E-state index contributed by atoms with van der Waals surface area (Å²) in [7, 11) is 0. The Morgan fingerprint density at radius 3 is 1.76 bits per heavy atom. The molecule has 12 aromatic rings. The SMILES string of the molecule is [2H]c1c([2H])c([2H])c(-c2c([2H])c([2H])c3c(c2[2H])c2c([2H])c([2H])c([2H])c([2H])c2n3-c2cc(-c3ccc4c(c3)oc3ccccc34)ccc2-c2nc(-c3ccccc3)nc(-c3ccc(-c4ccccc4)cc3)n2)c([2H])c1[2H]. The number of para-hydroxylation sites is 2. The van der Waals surface area contributed by atoms with Gasteiger partial charge in [0.15, 0.2) is 17.5 Å². The predicted octanol–water partition coefficient (Wildman–Crippen LogP) is 14.9. The van der Waals surface area contributed by atoms with Gasteiger partial charge in [-0.1, -0.05) is 170 Å². The van der Waals surface area contributed by atoms with Crippen molar-refractivity contribution in [3.05, 3.63) is 218 Å². The molecule has 0 saturated heterocycles. The van der Waals surface area contributed by atoms with Crippen LogP contribution in [0.4, 0.5) is 0 Å². The first kappa shape index (κ1) is 25.3. The lowest BCUT2D eigenvalue weighted by atomic mass is 10.00. The fraction of sp³-hybridized carbons (Fsp3) is 0. The lowest BCUT2D eigenvalue weighted by Crippen LogP contribution is -2.04. The van der Waals surface area contributed by atoms with Gasteiger partial charge in [-0.05, 0) is 81.8 Å². The number of nitrogens with zero attached hydrogens (tertiary/aromatic N) is 4. The van der Waals surface area contributed by atoms with Crippen molar-refractivity contribution in [3.8, 4) is 73.2 Å². The second-order valence-electron chi connectivity index (χ2n) is 14.7. The summed E-state index contributed by atoms with van der Waals surface area (Å²) in [6.45, 7) is 0. The zero-order valence-corrected chi connectivity index (χ0v) is 32.6. The zero-order chi connectivity index (χ0) is 51.4. The maximum absolute atomic E-state index is 9.84. The summed E-state index contributed by atoms with van der Waals surface area (Å²) < 4.78 is 117. The highest BCUT2D eigenvalue weighted by molar-refractivity contribution is 6.11. The predicted molar refractivity (Wildman–Crippen MR) is 254 cm³/mol. The molecule has 0 aliphatic carbocycles. The Kier molecular flexibility index (Phi) is 5.99. The molecule has 5 nitrogen and oxygen atoms in total. The van der Waals surface area contributed by atoms with Crippen LogP contribution in [0.1, 0.15) is 16.4 Å². The number of hydrogen-bond acceptors (Lipinski definition) is 4. The van der Waals surface area contributed by atoms with Crippen molar-refractivity contribution in [1.82, 2.24) is 19.5 Å². The van der Waals surface area contributed by atoms with Gasteiger partial charge in [0.25, 0.3) is 0 Å². The molecule has 12 rings (SSSR count). The fourth-order valence-electron chi connectivity index (χ4n) is 8.03. The van der Waals surface area contributed by atoms with Gasteiger partial charge >= 0.3 is 0 Å². The van der Waals surface area contributed by atoms with Gasteiger partial charge in [-0.3, -0.25) is 0 Å². The molecule has 0 amide bonds. The molecule has 3 heterocycles. The molecule has 0 fully saturated rings. The molecule has 0 aliphatic rings. The van der Waals surface area contributed by atoms with Crippen LogP contribution in [0, 0.1) is 0 Å². The van der Waals surface area contributed by atoms with E-state index < -0.39 is 83.6 Å². The van der Waals surface area contributed by atoms with Crippen LogP contribution in [0.15, 0.2) is 223 Å². The third-order valence-corrected chi connectivity index (χ3v) is 11.0. The minimum absolute atomic E-state index is 0.144. The van der Waals surface area contributed by atoms with E-state index in [1.54, 1.807) is 12.1 Å². The minimum atomic E-state index is -0.711. The van der Waals surface area contributed by atoms with E-state index in [-0.39, 0.29) is 33.3 Å². The Hall–Kier alpha value is -8.41. The molecule has 0 unspecified atom stereocenters. The van der Waals surface area contributed by atoms with Gasteiger partial charge in [-0.2, -0.15) is 0 Å². The van der Waals surface area contributed by atoms with Gasteiger partial charge < -0.3 is 8.98 Å². The Morgan fingerprint density at radius 2 is 0.952 bits per heavy atom. The normalized spacial score (nSPS) is 14.3. The Morgan fingerprint density at radius 1 is 0.371 bits per heavy atom. The minimum Gasteiger partial charge on any atom is -0.456 e. The summed E-state index contributed by atoms with van der Waals surface area (Å²) in [6.07, 6.45) is 0. The van der Waals surface area contributed by atoms with Gasteiger partial charge in [0.1, 0.15) is 11.2 Å². The van der Waals surface area contributed by atoms with E-state index in [2.05, 4.69) is 0 Å². The lowest BCUT2D eigenvalue weighted by Gasteiger charge is -2.16. The van der Waals surface area contributed by atoms with Crippen LogP contribution in [0.5, 0.6) is 0 Å². The molecule has 62 heavy (non-hydrogen) atoms. The van der Waals surface area contributed by atoms with Crippen molar-refractivity contribution in [2.45, 2.75) is 0 Å². The number of furan rings is 1. The van der Waals surface area contributed by atoms with E-state index in [1.807, 2.05) is 133 Å². The number of rotatable bonds is 7. The Bertz CT molecular complexity index is 4300. The molecule has 0 radical (unpaired) electrons. The zero-order valence-electron chi connectivity index (χ0n) is 44.6. The van der Waals surface area contributed by atoms with E-state index >= 15 is 0 Å². The molecule has 3 aromatic heterocycles. The van der Waals surface area contributed by atoms with Crippen molar-refractivity contribution in [2.75, 3.05) is 0 Å². The van der Waals surface area contributed by atoms with Gasteiger partial charge in [0, 0.05) is 38.2 Å². The second-order valence-corrected chi connectivity index (χ2v) is 14.7. The van der Waals surface area contributed by atoms with E-state index in [0.717, 1.165) is 21.9 Å². The van der Waals surface area contributed by atoms with Crippen molar-refractivity contribution in [1.29, 1.82) is 0 Å². The standard InChI is InChI=1S/C57H36N4O/c1-4-14-37(15-5-1)39-24-26-41(27-25-39)56-58-55(40-18-8-3-9-19-40)59-57(60-56)48-32-29-43(44-28-31-47-46-21-11-13-23-53(46)62-54(47)36-44)35-52(48)61-50-22-12-10-20-45(50)49-34-42(30-33-51(49)61)38-16-6-2-7-17-38/h1-36H/i2D,6D,7D,10D,12D,16D,17D,20D,22D,30D,33D,34D. The monoisotopic (exact) mass is 804 g/mol. The van der Waals surface area contributed by atoms with Crippen LogP contribution in [0.3, 0.4) is 0 Å². The highest BCUT2D eigenvalue weighted by Crippen LogP contribution is 2.41. The molecule has 0 atom stereocenters. The Labute approximate surface area is 374 Å². The quantitative estimate of drug-likeness (QED) is 0.161. The summed E-state index contributed by atoms with van der Waals surface area (Å²) in [5.41, 5.74) is 5.21. The van der Waals surface area contributed by atoms with Gasteiger partial charge in [-0.15, -0.1) is 0 Å². The first-order chi connectivity index (χ1) is 35.7. The number of benzene rings is 9. The summed E-state index contributed by atoms with van der Waals surface area (Å²) in [5.74, 6) is 0.776. The van der Waals surface area contributed by atoms with Crippen molar-refractivity contribution < 1.29 is 20.9 Å². The van der Waals surface area contributed by atoms with Gasteiger partial charge in [0.05, 0.1) is 33.2 Å². The topological polar surface area (TPSA) is 56.7 Å². The van der Waals surface area contributed by atoms with E-state index in [0.29, 0.717) is 50.6 Å². The van der Waals surface area contributed by atoms with E-state index in [9.17, 15) is 6.85 Å². The first-order valence-corrected chi connectivity index (χ1v) is 19.9. The highest BCUT2D eigenvalue weighted by Gasteiger charge is 2.21. The average Bonchev–Trinajstić information content (AvgIpc) is 4.02. The number of hydrogen-bond donors (Lipinski definition) is 0. The van der Waals surface area contributed by atoms with E-state index in [4.69, 9.17) is 29.0 Å². The smallest absolute Gasteiger partial charge is 0.166 e. The van der Waals surface area contributed by atoms with Crippen molar-refractivity contribution >= 4 is 43.7 Å². The van der Waals surface area contributed by atoms with Crippen LogP contribution in [0.25, 0.3) is 117 Å². The molecule has 0 bridgehead atoms. The van der Waals surface area contributed by atoms with Crippen LogP contribution in [-0.2, 0) is 0 Å². The van der Waals surface area contributed by atoms with Gasteiger partial charge in [0.2, 0.25) is 0 Å². The van der Waals surface area contributed by atoms with Crippen LogP contribution >= 0.6 is 0 Å². The molecular weight excluding hydrogens is 757 g/mol.